The Morgan fingerprint density at radius 2 is 0.790 bits per heavy atom. The monoisotopic (exact) mass is 842 g/mol. The third-order valence-corrected chi connectivity index (χ3v) is 12.0. The fourth-order valence-electron chi connectivity index (χ4n) is 8.62. The van der Waals surface area contributed by atoms with E-state index in [4.69, 9.17) is 9.47 Å². The number of anilines is 1. The van der Waals surface area contributed by atoms with Crippen LogP contribution in [0.5, 0.6) is 0 Å². The number of allylic oxidation sites excluding steroid dienone is 2. The average Bonchev–Trinajstić information content (AvgIpc) is 3.31. The number of benzene rings is 2. The van der Waals surface area contributed by atoms with Gasteiger partial charge in [-0.25, -0.2) is 9.59 Å². The van der Waals surface area contributed by atoms with Crippen molar-refractivity contribution < 1.29 is 28.2 Å². The van der Waals surface area contributed by atoms with Gasteiger partial charge in [-0.2, -0.15) is 9.13 Å². The first-order chi connectivity index (χ1) is 30.6. The maximum Gasteiger partial charge on any atom is 0.337 e. The maximum absolute atomic E-state index is 15.0. The van der Waals surface area contributed by atoms with Crippen LogP contribution in [0.4, 0.5) is 5.69 Å². The Labute approximate surface area is 373 Å². The van der Waals surface area contributed by atoms with E-state index in [1.54, 1.807) is 0 Å². The van der Waals surface area contributed by atoms with Crippen molar-refractivity contribution in [2.75, 3.05) is 18.1 Å². The summed E-state index contributed by atoms with van der Waals surface area (Å²) in [6, 6.07) is 32.1. The number of pyridine rings is 2. The molecule has 7 nitrogen and oxygen atoms in total. The van der Waals surface area contributed by atoms with Gasteiger partial charge >= 0.3 is 11.9 Å². The second-order valence-corrected chi connectivity index (χ2v) is 17.0. The topological polar surface area (TPSA) is 63.6 Å². The minimum absolute atomic E-state index is 0.326. The number of carbonyl (C=O) groups is 2. The molecule has 0 amide bonds. The molecule has 0 aliphatic carbocycles. The van der Waals surface area contributed by atoms with E-state index in [-0.39, 0.29) is 0 Å². The molecule has 3 heterocycles. The zero-order chi connectivity index (χ0) is 43.5. The summed E-state index contributed by atoms with van der Waals surface area (Å²) in [7, 11) is 0. The van der Waals surface area contributed by atoms with Crippen LogP contribution in [-0.4, -0.2) is 25.2 Å². The minimum Gasteiger partial charge on any atom is -0.462 e. The molecule has 4 aromatic rings. The minimum atomic E-state index is -0.713. The molecule has 0 fully saturated rings. The van der Waals surface area contributed by atoms with Crippen LogP contribution in [-0.2, 0) is 32.2 Å². The molecule has 2 aromatic carbocycles. The Morgan fingerprint density at radius 1 is 0.452 bits per heavy atom. The number of esters is 2. The van der Waals surface area contributed by atoms with E-state index in [2.05, 4.69) is 27.9 Å². The van der Waals surface area contributed by atoms with Crippen LogP contribution in [0, 0.1) is 0 Å². The van der Waals surface area contributed by atoms with Gasteiger partial charge in [0.2, 0.25) is 0 Å². The molecule has 332 valence electrons. The lowest BCUT2D eigenvalue weighted by atomic mass is 9.79. The van der Waals surface area contributed by atoms with E-state index >= 15 is 9.59 Å². The second kappa shape index (κ2) is 28.5. The van der Waals surface area contributed by atoms with Crippen LogP contribution < -0.4 is 14.0 Å². The van der Waals surface area contributed by atoms with Crippen molar-refractivity contribution in [2.24, 2.45) is 0 Å². The van der Waals surface area contributed by atoms with E-state index in [9.17, 15) is 0 Å². The Kier molecular flexibility index (Phi) is 22.1. The number of para-hydroxylation sites is 1. The number of hydrogen-bond donors (Lipinski definition) is 0. The van der Waals surface area contributed by atoms with Crippen LogP contribution in [0.3, 0.4) is 0 Å². The van der Waals surface area contributed by atoms with E-state index in [0.29, 0.717) is 37.4 Å². The summed E-state index contributed by atoms with van der Waals surface area (Å²) in [4.78, 5) is 32.2. The summed E-state index contributed by atoms with van der Waals surface area (Å²) in [5.74, 6) is -1.50. The number of carbonyl (C=O) groups excluding carboxylic acids is 2. The SMILES string of the molecule is CCCCCCCCCCCCOC(=O)C1=C(C[n+]2ccccc2)N(c2ccccc2)C(C[n+]2ccccc2)=C(C(=O)OCCCCCCCCCCCC)C1c1ccccc1. The van der Waals surface area contributed by atoms with E-state index in [1.165, 1.54) is 89.9 Å². The van der Waals surface area contributed by atoms with Crippen molar-refractivity contribution in [1.82, 2.24) is 0 Å². The summed E-state index contributed by atoms with van der Waals surface area (Å²) in [6.45, 7) is 5.93. The molecule has 0 saturated heterocycles. The van der Waals surface area contributed by atoms with Crippen LogP contribution in [0.25, 0.3) is 0 Å². The highest BCUT2D eigenvalue weighted by atomic mass is 16.5. The molecule has 62 heavy (non-hydrogen) atoms. The quantitative estimate of drug-likeness (QED) is 0.0297. The number of unbranched alkanes of at least 4 members (excludes halogenated alkanes) is 18. The molecule has 0 radical (unpaired) electrons. The summed E-state index contributed by atoms with van der Waals surface area (Å²) in [6.07, 6.45) is 32.0. The fraction of sp³-hybridized carbons (Fsp3) is 0.491. The molecule has 1 aliphatic rings. The molecule has 0 atom stereocenters. The first-order valence-electron chi connectivity index (χ1n) is 24.2. The maximum atomic E-state index is 15.0. The van der Waals surface area contributed by atoms with Gasteiger partial charge in [-0.1, -0.05) is 190 Å². The lowest BCUT2D eigenvalue weighted by Crippen LogP contribution is -2.47. The highest BCUT2D eigenvalue weighted by molar-refractivity contribution is 6.01. The number of rotatable bonds is 30. The predicted molar refractivity (Wildman–Crippen MR) is 251 cm³/mol. The molecule has 7 heteroatoms. The molecule has 5 rings (SSSR count). The fourth-order valence-corrected chi connectivity index (χ4v) is 8.62. The molecular formula is C55H75N3O4+2. The standard InChI is InChI=1S/C55H75N3O4/c1-3-5-7-9-11-13-15-17-19-33-43-61-54(59)52-49(45-56-39-29-23-30-40-56)58(48-37-27-22-28-38-48)50(46-57-41-31-24-32-42-57)53(51(52)47-35-25-21-26-36-47)55(60)62-44-34-20-18-16-14-12-10-8-6-4-2/h21-32,35-42,51H,3-20,33-34,43-46H2,1-2H3/q+2. The first kappa shape index (κ1) is 48.0. The predicted octanol–water partition coefficient (Wildman–Crippen LogP) is 12.7. The van der Waals surface area contributed by atoms with Gasteiger partial charge in [-0.05, 0) is 30.5 Å². The first-order valence-corrected chi connectivity index (χ1v) is 24.2. The van der Waals surface area contributed by atoms with Crippen molar-refractivity contribution in [3.63, 3.8) is 0 Å². The highest BCUT2D eigenvalue weighted by Gasteiger charge is 2.45. The molecule has 0 N–H and O–H groups in total. The summed E-state index contributed by atoms with van der Waals surface area (Å²) < 4.78 is 16.8. The third-order valence-electron chi connectivity index (χ3n) is 12.0. The molecule has 0 saturated carbocycles. The van der Waals surface area contributed by atoms with Gasteiger partial charge in [0.15, 0.2) is 37.9 Å². The van der Waals surface area contributed by atoms with Crippen LogP contribution in [0.15, 0.2) is 144 Å². The number of ether oxygens (including phenoxy) is 2. The molecule has 2 aromatic heterocycles. The smallest absolute Gasteiger partial charge is 0.337 e. The van der Waals surface area contributed by atoms with Gasteiger partial charge in [0.05, 0.1) is 41.7 Å². The van der Waals surface area contributed by atoms with E-state index in [1.807, 2.05) is 122 Å². The Hall–Kier alpha value is -5.04. The Balaban J connectivity index is 1.49. The molecule has 0 spiro atoms. The van der Waals surface area contributed by atoms with Gasteiger partial charge in [-0.3, -0.25) is 0 Å². The highest BCUT2D eigenvalue weighted by Crippen LogP contribution is 2.45. The van der Waals surface area contributed by atoms with Crippen molar-refractivity contribution >= 4 is 17.6 Å². The zero-order valence-electron chi connectivity index (χ0n) is 38.1. The summed E-state index contributed by atoms with van der Waals surface area (Å²) >= 11 is 0. The van der Waals surface area contributed by atoms with Gasteiger partial charge in [-0.15, -0.1) is 0 Å². The van der Waals surface area contributed by atoms with Crippen molar-refractivity contribution in [1.29, 1.82) is 0 Å². The number of nitrogens with zero attached hydrogens (tertiary/aromatic N) is 3. The average molecular weight is 842 g/mol. The molecular weight excluding hydrogens is 767 g/mol. The normalized spacial score (nSPS) is 13.2. The third kappa shape index (κ3) is 15.7. The van der Waals surface area contributed by atoms with Crippen molar-refractivity contribution in [2.45, 2.75) is 161 Å². The second-order valence-electron chi connectivity index (χ2n) is 17.0. The lowest BCUT2D eigenvalue weighted by Gasteiger charge is -2.38. The molecule has 0 bridgehead atoms. The lowest BCUT2D eigenvalue weighted by molar-refractivity contribution is -0.691. The van der Waals surface area contributed by atoms with Crippen LogP contribution in [0.1, 0.15) is 154 Å². The number of aromatic nitrogens is 2. The van der Waals surface area contributed by atoms with Gasteiger partial charge in [0, 0.05) is 30.0 Å². The Bertz CT molecular complexity index is 1810. The Morgan fingerprint density at radius 3 is 1.18 bits per heavy atom. The summed E-state index contributed by atoms with van der Waals surface area (Å²) in [5.41, 5.74) is 4.19. The summed E-state index contributed by atoms with van der Waals surface area (Å²) in [5, 5.41) is 0. The van der Waals surface area contributed by atoms with Crippen molar-refractivity contribution in [3.05, 3.63) is 150 Å². The van der Waals surface area contributed by atoms with Gasteiger partial charge in [0.1, 0.15) is 0 Å². The van der Waals surface area contributed by atoms with Crippen molar-refractivity contribution in [3.8, 4) is 0 Å². The largest absolute Gasteiger partial charge is 0.462 e. The number of hydrogen-bond acceptors (Lipinski definition) is 5. The van der Waals surface area contributed by atoms with E-state index < -0.39 is 17.9 Å². The zero-order valence-corrected chi connectivity index (χ0v) is 38.1. The molecule has 0 unspecified atom stereocenters. The molecule has 1 aliphatic heterocycles. The van der Waals surface area contributed by atoms with Gasteiger partial charge < -0.3 is 14.4 Å². The van der Waals surface area contributed by atoms with Crippen LogP contribution in [0.2, 0.25) is 0 Å². The van der Waals surface area contributed by atoms with Crippen LogP contribution >= 0.6 is 0 Å². The van der Waals surface area contributed by atoms with Gasteiger partial charge in [0.25, 0.3) is 0 Å². The van der Waals surface area contributed by atoms with E-state index in [0.717, 1.165) is 61.2 Å².